The molecule has 0 fully saturated rings. The Morgan fingerprint density at radius 2 is 1.61 bits per heavy atom. The molecule has 0 heterocycles. The summed E-state index contributed by atoms with van der Waals surface area (Å²) >= 11 is 6.74. The lowest BCUT2D eigenvalue weighted by atomic mass is 9.70. The zero-order chi connectivity index (χ0) is 24.8. The van der Waals surface area contributed by atoms with Crippen molar-refractivity contribution in [3.63, 3.8) is 0 Å². The van der Waals surface area contributed by atoms with E-state index in [-0.39, 0.29) is 16.8 Å². The van der Waals surface area contributed by atoms with Crippen molar-refractivity contribution in [3.05, 3.63) is 63.7 Å². The van der Waals surface area contributed by atoms with Crippen molar-refractivity contribution in [1.82, 2.24) is 0 Å². The van der Waals surface area contributed by atoms with Crippen molar-refractivity contribution >= 4 is 17.6 Å². The van der Waals surface area contributed by atoms with Crippen LogP contribution in [0.2, 0.25) is 5.02 Å². The van der Waals surface area contributed by atoms with Crippen LogP contribution in [-0.2, 0) is 10.2 Å². The number of aryl methyl sites for hydroxylation is 1. The van der Waals surface area contributed by atoms with Crippen LogP contribution < -0.4 is 4.74 Å². The zero-order valence-electron chi connectivity index (χ0n) is 21.7. The smallest absolute Gasteiger partial charge is 0.338 e. The molecule has 4 heteroatoms. The highest BCUT2D eigenvalue weighted by atomic mass is 35.5. The second kappa shape index (κ2) is 11.4. The van der Waals surface area contributed by atoms with Gasteiger partial charge in [0.05, 0.1) is 24.3 Å². The predicted molar refractivity (Wildman–Crippen MR) is 139 cm³/mol. The maximum Gasteiger partial charge on any atom is 0.338 e. The van der Waals surface area contributed by atoms with Crippen molar-refractivity contribution < 1.29 is 14.3 Å². The predicted octanol–water partition coefficient (Wildman–Crippen LogP) is 8.38. The Morgan fingerprint density at radius 3 is 2.09 bits per heavy atom. The minimum atomic E-state index is -0.307. The molecule has 0 bridgehead atoms. The maximum atomic E-state index is 12.0. The molecule has 2 rings (SSSR count). The van der Waals surface area contributed by atoms with E-state index in [2.05, 4.69) is 59.7 Å². The Bertz CT molecular complexity index is 938. The first-order valence-corrected chi connectivity index (χ1v) is 12.5. The molecule has 2 aromatic carbocycles. The van der Waals surface area contributed by atoms with Crippen molar-refractivity contribution in [2.75, 3.05) is 13.7 Å². The number of esters is 1. The quantitative estimate of drug-likeness (QED) is 0.325. The van der Waals surface area contributed by atoms with E-state index in [4.69, 9.17) is 21.1 Å². The van der Waals surface area contributed by atoms with Gasteiger partial charge in [-0.1, -0.05) is 77.8 Å². The second-order valence-electron chi connectivity index (χ2n) is 10.1. The Morgan fingerprint density at radius 1 is 1.00 bits per heavy atom. The highest BCUT2D eigenvalue weighted by molar-refractivity contribution is 6.32. The number of ether oxygens (including phenoxy) is 2. The fourth-order valence-electron chi connectivity index (χ4n) is 4.75. The molecule has 3 nitrogen and oxygen atoms in total. The first kappa shape index (κ1) is 27.2. The number of hydrogen-bond donors (Lipinski definition) is 0. The number of hydrogen-bond acceptors (Lipinski definition) is 3. The summed E-state index contributed by atoms with van der Waals surface area (Å²) in [6, 6.07) is 12.2. The summed E-state index contributed by atoms with van der Waals surface area (Å²) in [5, 5.41) is 0.644. The Labute approximate surface area is 205 Å². The standard InChI is InChI=1S/C29H41ClO3/c1-9-12-23(28(5,6)7)19-33-26-16-14-22(18-25(26)30)29(10-2,11-3)21-13-15-24(20(4)17-21)27(31)32-8/h13-18,23H,9-12,19H2,1-8H3. The van der Waals surface area contributed by atoms with Crippen molar-refractivity contribution in [2.45, 2.75) is 79.6 Å². The summed E-state index contributed by atoms with van der Waals surface area (Å²) in [5.74, 6) is 0.905. The van der Waals surface area contributed by atoms with Gasteiger partial charge in [0.1, 0.15) is 5.75 Å². The van der Waals surface area contributed by atoms with E-state index in [0.717, 1.165) is 42.6 Å². The van der Waals surface area contributed by atoms with Crippen molar-refractivity contribution in [2.24, 2.45) is 11.3 Å². The molecule has 0 aromatic heterocycles. The van der Waals surface area contributed by atoms with E-state index in [1.165, 1.54) is 12.7 Å². The summed E-state index contributed by atoms with van der Waals surface area (Å²) in [6.45, 7) is 16.0. The average molecular weight is 473 g/mol. The van der Waals surface area contributed by atoms with Gasteiger partial charge in [-0.3, -0.25) is 0 Å². The lowest BCUT2D eigenvalue weighted by Crippen LogP contribution is -2.27. The van der Waals surface area contributed by atoms with Crippen LogP contribution in [0.15, 0.2) is 36.4 Å². The number of halogens is 1. The molecule has 0 amide bonds. The van der Waals surface area contributed by atoms with Gasteiger partial charge in [0.2, 0.25) is 0 Å². The molecule has 0 saturated carbocycles. The average Bonchev–Trinajstić information content (AvgIpc) is 2.77. The van der Waals surface area contributed by atoms with Gasteiger partial charge in [-0.15, -0.1) is 0 Å². The minimum Gasteiger partial charge on any atom is -0.492 e. The molecule has 0 radical (unpaired) electrons. The molecule has 33 heavy (non-hydrogen) atoms. The first-order valence-electron chi connectivity index (χ1n) is 12.2. The minimum absolute atomic E-state index is 0.191. The number of carbonyl (C=O) groups excluding carboxylic acids is 1. The Hall–Kier alpha value is -2.00. The van der Waals surface area contributed by atoms with Crippen LogP contribution in [-0.4, -0.2) is 19.7 Å². The highest BCUT2D eigenvalue weighted by Gasteiger charge is 2.32. The van der Waals surface area contributed by atoms with Crippen LogP contribution in [0.5, 0.6) is 5.75 Å². The summed E-state index contributed by atoms with van der Waals surface area (Å²) in [7, 11) is 1.41. The molecular weight excluding hydrogens is 432 g/mol. The van der Waals surface area contributed by atoms with Gasteiger partial charge in [-0.25, -0.2) is 4.79 Å². The van der Waals surface area contributed by atoms with Gasteiger partial charge >= 0.3 is 5.97 Å². The molecule has 0 aliphatic heterocycles. The van der Waals surface area contributed by atoms with Gasteiger partial charge in [-0.05, 0) is 72.4 Å². The highest BCUT2D eigenvalue weighted by Crippen LogP contribution is 2.42. The van der Waals surface area contributed by atoms with Crippen molar-refractivity contribution in [3.8, 4) is 5.75 Å². The van der Waals surface area contributed by atoms with E-state index in [1.807, 2.05) is 25.1 Å². The SMILES string of the molecule is CCCC(COc1ccc(C(CC)(CC)c2ccc(C(=O)OC)c(C)c2)cc1Cl)C(C)(C)C. The molecule has 0 N–H and O–H groups in total. The van der Waals surface area contributed by atoms with Gasteiger partial charge in [-0.2, -0.15) is 0 Å². The number of rotatable bonds is 10. The van der Waals surface area contributed by atoms with Crippen LogP contribution in [0, 0.1) is 18.3 Å². The van der Waals surface area contributed by atoms with Crippen LogP contribution >= 0.6 is 11.6 Å². The number of carbonyl (C=O) groups is 1. The summed E-state index contributed by atoms with van der Waals surface area (Å²) < 4.78 is 11.1. The van der Waals surface area contributed by atoms with E-state index in [1.54, 1.807) is 0 Å². The fourth-order valence-corrected chi connectivity index (χ4v) is 4.99. The topological polar surface area (TPSA) is 35.5 Å². The van der Waals surface area contributed by atoms with Gasteiger partial charge in [0, 0.05) is 5.41 Å². The Balaban J connectivity index is 2.38. The molecule has 1 unspecified atom stereocenters. The largest absolute Gasteiger partial charge is 0.492 e. The van der Waals surface area contributed by atoms with Crippen LogP contribution in [0.4, 0.5) is 0 Å². The normalized spacial score (nSPS) is 13.0. The van der Waals surface area contributed by atoms with Crippen LogP contribution in [0.1, 0.15) is 94.3 Å². The molecule has 1 atom stereocenters. The molecule has 0 spiro atoms. The summed E-state index contributed by atoms with van der Waals surface area (Å²) in [4.78, 5) is 12.0. The van der Waals surface area contributed by atoms with E-state index < -0.39 is 0 Å². The molecular formula is C29H41ClO3. The lowest BCUT2D eigenvalue weighted by molar-refractivity contribution is 0.0600. The molecule has 0 saturated heterocycles. The Kier molecular flexibility index (Phi) is 9.43. The van der Waals surface area contributed by atoms with E-state index >= 15 is 0 Å². The first-order chi connectivity index (χ1) is 15.5. The molecule has 0 aliphatic rings. The third-order valence-electron chi connectivity index (χ3n) is 7.18. The molecule has 182 valence electrons. The third kappa shape index (κ3) is 6.12. The second-order valence-corrected chi connectivity index (χ2v) is 10.5. The molecule has 2 aromatic rings. The van der Waals surface area contributed by atoms with Gasteiger partial charge in [0.15, 0.2) is 0 Å². The van der Waals surface area contributed by atoms with Gasteiger partial charge in [0.25, 0.3) is 0 Å². The van der Waals surface area contributed by atoms with E-state index in [0.29, 0.717) is 23.1 Å². The summed E-state index contributed by atoms with van der Waals surface area (Å²) in [6.07, 6.45) is 4.11. The fraction of sp³-hybridized carbons (Fsp3) is 0.552. The maximum absolute atomic E-state index is 12.0. The number of methoxy groups -OCH3 is 1. The number of benzene rings is 2. The van der Waals surface area contributed by atoms with Gasteiger partial charge < -0.3 is 9.47 Å². The van der Waals surface area contributed by atoms with Crippen LogP contribution in [0.3, 0.4) is 0 Å². The monoisotopic (exact) mass is 472 g/mol. The summed E-state index contributed by atoms with van der Waals surface area (Å²) in [5.41, 5.74) is 3.85. The molecule has 0 aliphatic carbocycles. The zero-order valence-corrected chi connectivity index (χ0v) is 22.4. The van der Waals surface area contributed by atoms with E-state index in [9.17, 15) is 4.79 Å². The third-order valence-corrected chi connectivity index (χ3v) is 7.47. The van der Waals surface area contributed by atoms with Crippen LogP contribution in [0.25, 0.3) is 0 Å². The van der Waals surface area contributed by atoms with Crippen molar-refractivity contribution in [1.29, 1.82) is 0 Å². The lowest BCUT2D eigenvalue weighted by Gasteiger charge is -2.34.